The molecule has 3 rings (SSSR count). The van der Waals surface area contributed by atoms with Crippen molar-refractivity contribution < 1.29 is 5.11 Å². The van der Waals surface area contributed by atoms with Crippen molar-refractivity contribution in [2.45, 2.75) is 19.4 Å². The van der Waals surface area contributed by atoms with Crippen LogP contribution in [0.4, 0.5) is 5.13 Å². The molecule has 6 heteroatoms. The van der Waals surface area contributed by atoms with Crippen molar-refractivity contribution in [2.24, 2.45) is 7.05 Å². The van der Waals surface area contributed by atoms with Gasteiger partial charge in [0.2, 0.25) is 0 Å². The van der Waals surface area contributed by atoms with Crippen LogP contribution >= 0.6 is 11.3 Å². The van der Waals surface area contributed by atoms with Crippen LogP contribution < -0.4 is 4.90 Å². The number of thiazole rings is 1. The first-order valence-corrected chi connectivity index (χ1v) is 8.12. The summed E-state index contributed by atoms with van der Waals surface area (Å²) in [5.74, 6) is 0. The molecule has 1 atom stereocenters. The van der Waals surface area contributed by atoms with Crippen molar-refractivity contribution in [3.63, 3.8) is 0 Å². The zero-order chi connectivity index (χ0) is 15.7. The first-order chi connectivity index (χ1) is 10.6. The number of aliphatic hydroxyl groups is 1. The lowest BCUT2D eigenvalue weighted by Crippen LogP contribution is -2.20. The fraction of sp³-hybridized carbons (Fsp3) is 0.375. The minimum atomic E-state index is -0.443. The van der Waals surface area contributed by atoms with Crippen LogP contribution in [0.3, 0.4) is 0 Å². The van der Waals surface area contributed by atoms with Crippen LogP contribution in [0.5, 0.6) is 0 Å². The molecule has 0 aliphatic heterocycles. The predicted molar refractivity (Wildman–Crippen MR) is 90.4 cm³/mol. The third-order valence-electron chi connectivity index (χ3n) is 3.78. The molecule has 0 fully saturated rings. The average molecular weight is 316 g/mol. The van der Waals surface area contributed by atoms with Gasteiger partial charge in [0.05, 0.1) is 16.5 Å². The smallest absolute Gasteiger partial charge is 0.187 e. The van der Waals surface area contributed by atoms with E-state index in [1.165, 1.54) is 0 Å². The van der Waals surface area contributed by atoms with Crippen LogP contribution in [0.2, 0.25) is 0 Å². The summed E-state index contributed by atoms with van der Waals surface area (Å²) in [5.41, 5.74) is 2.90. The molecule has 0 aliphatic carbocycles. The Morgan fingerprint density at radius 3 is 2.73 bits per heavy atom. The molecule has 2 aromatic heterocycles. The van der Waals surface area contributed by atoms with Gasteiger partial charge in [-0.25, -0.2) is 9.67 Å². The van der Waals surface area contributed by atoms with Gasteiger partial charge in [-0.3, -0.25) is 0 Å². The number of anilines is 1. The van der Waals surface area contributed by atoms with Crippen molar-refractivity contribution in [3.8, 4) is 0 Å². The third kappa shape index (κ3) is 2.84. The summed E-state index contributed by atoms with van der Waals surface area (Å²) in [7, 11) is 3.93. The topological polar surface area (TPSA) is 54.2 Å². The molecule has 3 aromatic rings. The molecule has 0 spiro atoms. The van der Waals surface area contributed by atoms with Crippen molar-refractivity contribution in [1.82, 2.24) is 14.8 Å². The van der Waals surface area contributed by atoms with Crippen LogP contribution in [0.15, 0.2) is 30.3 Å². The van der Waals surface area contributed by atoms with Crippen LogP contribution in [0, 0.1) is 6.92 Å². The fourth-order valence-electron chi connectivity index (χ4n) is 2.49. The second-order valence-electron chi connectivity index (χ2n) is 5.49. The van der Waals surface area contributed by atoms with E-state index in [1.807, 2.05) is 56.0 Å². The minimum absolute atomic E-state index is 0.443. The molecule has 0 bridgehead atoms. The number of fused-ring (bicyclic) bond motifs is 1. The van der Waals surface area contributed by atoms with E-state index in [2.05, 4.69) is 15.0 Å². The van der Waals surface area contributed by atoms with Crippen LogP contribution in [-0.4, -0.2) is 33.5 Å². The summed E-state index contributed by atoms with van der Waals surface area (Å²) in [6.45, 7) is 2.76. The highest BCUT2D eigenvalue weighted by Crippen LogP contribution is 2.30. The second kappa shape index (κ2) is 6.06. The maximum absolute atomic E-state index is 10.2. The molecule has 5 nitrogen and oxygen atoms in total. The molecule has 0 aliphatic rings. The van der Waals surface area contributed by atoms with Gasteiger partial charge in [0, 0.05) is 20.6 Å². The number of nitrogens with zero attached hydrogens (tertiary/aromatic N) is 4. The zero-order valence-corrected chi connectivity index (χ0v) is 13.8. The minimum Gasteiger partial charge on any atom is -0.388 e. The maximum Gasteiger partial charge on any atom is 0.187 e. The van der Waals surface area contributed by atoms with Gasteiger partial charge in [0.25, 0.3) is 0 Å². The van der Waals surface area contributed by atoms with Gasteiger partial charge in [0.1, 0.15) is 0 Å². The number of aromatic nitrogens is 3. The summed E-state index contributed by atoms with van der Waals surface area (Å²) in [5, 5.41) is 15.6. The Hall–Kier alpha value is -1.92. The average Bonchev–Trinajstić information content (AvgIpc) is 3.08. The molecule has 0 saturated carbocycles. The van der Waals surface area contributed by atoms with E-state index in [4.69, 9.17) is 0 Å². The summed E-state index contributed by atoms with van der Waals surface area (Å²) in [4.78, 5) is 6.74. The summed E-state index contributed by atoms with van der Waals surface area (Å²) < 4.78 is 2.95. The molecular weight excluding hydrogens is 296 g/mol. The van der Waals surface area contributed by atoms with Gasteiger partial charge in [-0.15, -0.1) is 0 Å². The standard InChI is InChI=1S/C16H20N4OS/c1-11-14-15(20(3)18-11)17-16(22-14)19(2)10-9-13(21)12-7-5-4-6-8-12/h4-8,13,21H,9-10H2,1-3H3/t13-/m1/s1. The van der Waals surface area contributed by atoms with E-state index in [-0.39, 0.29) is 0 Å². The Kier molecular flexibility index (Phi) is 4.13. The molecule has 22 heavy (non-hydrogen) atoms. The van der Waals surface area contributed by atoms with Gasteiger partial charge in [-0.2, -0.15) is 5.10 Å². The summed E-state index contributed by atoms with van der Waals surface area (Å²) >= 11 is 1.65. The number of aryl methyl sites for hydroxylation is 2. The number of aliphatic hydroxyl groups excluding tert-OH is 1. The number of rotatable bonds is 5. The fourth-order valence-corrected chi connectivity index (χ4v) is 3.51. The lowest BCUT2D eigenvalue weighted by molar-refractivity contribution is 0.170. The van der Waals surface area contributed by atoms with E-state index in [1.54, 1.807) is 11.3 Å². The lowest BCUT2D eigenvalue weighted by Gasteiger charge is -2.18. The van der Waals surface area contributed by atoms with Crippen LogP contribution in [0.25, 0.3) is 10.3 Å². The largest absolute Gasteiger partial charge is 0.388 e. The van der Waals surface area contributed by atoms with Crippen molar-refractivity contribution in [2.75, 3.05) is 18.5 Å². The van der Waals surface area contributed by atoms with Crippen molar-refractivity contribution in [1.29, 1.82) is 0 Å². The lowest BCUT2D eigenvalue weighted by atomic mass is 10.1. The second-order valence-corrected chi connectivity index (χ2v) is 6.47. The number of benzene rings is 1. The highest BCUT2D eigenvalue weighted by molar-refractivity contribution is 7.22. The van der Waals surface area contributed by atoms with Gasteiger partial charge < -0.3 is 10.0 Å². The molecule has 0 unspecified atom stereocenters. The third-order valence-corrected chi connectivity index (χ3v) is 5.05. The van der Waals surface area contributed by atoms with E-state index < -0.39 is 6.10 Å². The van der Waals surface area contributed by atoms with E-state index in [9.17, 15) is 5.11 Å². The maximum atomic E-state index is 10.2. The quantitative estimate of drug-likeness (QED) is 0.786. The molecule has 0 amide bonds. The molecule has 1 aromatic carbocycles. The predicted octanol–water partition coefficient (Wildman–Crippen LogP) is 2.90. The molecule has 0 saturated heterocycles. The summed E-state index contributed by atoms with van der Waals surface area (Å²) in [6, 6.07) is 9.77. The highest BCUT2D eigenvalue weighted by Gasteiger charge is 2.15. The van der Waals surface area contributed by atoms with Gasteiger partial charge in [-0.05, 0) is 18.9 Å². The molecule has 1 N–H and O–H groups in total. The van der Waals surface area contributed by atoms with Crippen LogP contribution in [0.1, 0.15) is 23.8 Å². The SMILES string of the molecule is Cc1nn(C)c2nc(N(C)CC[C@@H](O)c3ccccc3)sc12. The van der Waals surface area contributed by atoms with E-state index in [0.717, 1.165) is 33.3 Å². The first kappa shape index (κ1) is 15.0. The van der Waals surface area contributed by atoms with Crippen LogP contribution in [-0.2, 0) is 7.05 Å². The molecular formula is C16H20N4OS. The van der Waals surface area contributed by atoms with Crippen molar-refractivity contribution >= 4 is 26.8 Å². The molecule has 116 valence electrons. The van der Waals surface area contributed by atoms with Gasteiger partial charge in [0.15, 0.2) is 10.8 Å². The zero-order valence-electron chi connectivity index (χ0n) is 13.0. The number of hydrogen-bond acceptors (Lipinski definition) is 5. The Morgan fingerprint density at radius 2 is 2.05 bits per heavy atom. The molecule has 0 radical (unpaired) electrons. The highest BCUT2D eigenvalue weighted by atomic mass is 32.1. The molecule has 2 heterocycles. The Bertz CT molecular complexity index is 731. The van der Waals surface area contributed by atoms with Gasteiger partial charge >= 0.3 is 0 Å². The van der Waals surface area contributed by atoms with Gasteiger partial charge in [-0.1, -0.05) is 41.7 Å². The van der Waals surface area contributed by atoms with E-state index >= 15 is 0 Å². The number of hydrogen-bond donors (Lipinski definition) is 1. The normalized spacial score (nSPS) is 12.7. The first-order valence-electron chi connectivity index (χ1n) is 7.30. The Morgan fingerprint density at radius 1 is 1.32 bits per heavy atom. The van der Waals surface area contributed by atoms with Crippen molar-refractivity contribution in [3.05, 3.63) is 41.6 Å². The Labute approximate surface area is 133 Å². The Balaban J connectivity index is 1.68. The van der Waals surface area contributed by atoms with E-state index in [0.29, 0.717) is 6.42 Å². The monoisotopic (exact) mass is 316 g/mol. The summed E-state index contributed by atoms with van der Waals surface area (Å²) in [6.07, 6.45) is 0.231.